The van der Waals surface area contributed by atoms with Gasteiger partial charge >= 0.3 is 5.97 Å². The summed E-state index contributed by atoms with van der Waals surface area (Å²) in [7, 11) is -0.904. The topological polar surface area (TPSA) is 85.1 Å². The lowest BCUT2D eigenvalue weighted by Gasteiger charge is -1.95. The van der Waals surface area contributed by atoms with Crippen LogP contribution < -0.4 is 0 Å². The number of aryl methyl sites for hydroxylation is 1. The first-order valence-electron chi connectivity index (χ1n) is 3.53. The lowest BCUT2D eigenvalue weighted by Crippen LogP contribution is -2.06. The van der Waals surface area contributed by atoms with E-state index in [9.17, 15) is 9.00 Å². The molecule has 0 amide bonds. The Bertz CT molecular complexity index is 336. The smallest absolute Gasteiger partial charge is 0.358 e. The van der Waals surface area contributed by atoms with Crippen molar-refractivity contribution in [3.63, 3.8) is 0 Å². The maximum atomic E-state index is 10.7. The van der Waals surface area contributed by atoms with Crippen LogP contribution in [0.25, 0.3) is 0 Å². The maximum Gasteiger partial charge on any atom is 0.358 e. The number of aromatic nitrogens is 3. The van der Waals surface area contributed by atoms with Crippen LogP contribution in [0.2, 0.25) is 0 Å². The number of nitrogens with zero attached hydrogens (tertiary/aromatic N) is 3. The summed E-state index contributed by atoms with van der Waals surface area (Å²) < 4.78 is 12.1. The molecule has 0 bridgehead atoms. The molecule has 0 fully saturated rings. The van der Waals surface area contributed by atoms with Crippen molar-refractivity contribution < 1.29 is 14.1 Å². The Hall–Kier alpha value is -1.24. The van der Waals surface area contributed by atoms with Crippen molar-refractivity contribution in [1.29, 1.82) is 0 Å². The molecule has 0 spiro atoms. The zero-order valence-electron chi connectivity index (χ0n) is 7.01. The van der Waals surface area contributed by atoms with Crippen molar-refractivity contribution in [1.82, 2.24) is 15.0 Å². The number of carboxylic acids is 1. The molecule has 0 aliphatic heterocycles. The van der Waals surface area contributed by atoms with E-state index >= 15 is 0 Å². The first-order chi connectivity index (χ1) is 6.09. The second kappa shape index (κ2) is 4.13. The van der Waals surface area contributed by atoms with Gasteiger partial charge in [-0.3, -0.25) is 8.89 Å². The van der Waals surface area contributed by atoms with E-state index in [1.165, 1.54) is 10.9 Å². The van der Waals surface area contributed by atoms with Crippen LogP contribution in [0, 0.1) is 0 Å². The van der Waals surface area contributed by atoms with E-state index in [-0.39, 0.29) is 5.69 Å². The van der Waals surface area contributed by atoms with Crippen molar-refractivity contribution in [3.8, 4) is 0 Å². The fourth-order valence-corrected chi connectivity index (χ4v) is 1.17. The van der Waals surface area contributed by atoms with E-state index in [0.717, 1.165) is 0 Å². The number of rotatable bonds is 4. The highest BCUT2D eigenvalue weighted by atomic mass is 32.2. The molecule has 72 valence electrons. The molecule has 1 atom stereocenters. The Balaban J connectivity index is 2.59. The molecule has 0 aromatic carbocycles. The van der Waals surface area contributed by atoms with Crippen molar-refractivity contribution in [3.05, 3.63) is 11.9 Å². The summed E-state index contributed by atoms with van der Waals surface area (Å²) in [6.07, 6.45) is 2.89. The minimum absolute atomic E-state index is 0.0955. The molecule has 1 unspecified atom stereocenters. The number of carboxylic acid groups (broad SMARTS) is 1. The number of aromatic carboxylic acids is 1. The van der Waals surface area contributed by atoms with Crippen LogP contribution in [0.15, 0.2) is 6.20 Å². The van der Waals surface area contributed by atoms with Gasteiger partial charge in [0.05, 0.1) is 12.7 Å². The van der Waals surface area contributed by atoms with E-state index < -0.39 is 16.8 Å². The zero-order valence-corrected chi connectivity index (χ0v) is 7.82. The molecule has 7 heteroatoms. The van der Waals surface area contributed by atoms with Crippen molar-refractivity contribution >= 4 is 16.8 Å². The molecule has 1 aromatic rings. The summed E-state index contributed by atoms with van der Waals surface area (Å²) >= 11 is 0. The zero-order chi connectivity index (χ0) is 9.84. The molecule has 0 radical (unpaired) electrons. The van der Waals surface area contributed by atoms with Crippen LogP contribution in [-0.2, 0) is 17.3 Å². The first kappa shape index (κ1) is 9.85. The molecular weight excluding hydrogens is 194 g/mol. The largest absolute Gasteiger partial charge is 0.476 e. The molecule has 1 N–H and O–H groups in total. The molecule has 13 heavy (non-hydrogen) atoms. The summed E-state index contributed by atoms with van der Waals surface area (Å²) in [5, 5.41) is 15.5. The van der Waals surface area contributed by atoms with Crippen molar-refractivity contribution in [2.75, 3.05) is 12.0 Å². The molecular formula is C6H9N3O3S. The highest BCUT2D eigenvalue weighted by Gasteiger charge is 2.07. The fraction of sp³-hybridized carbons (Fsp3) is 0.500. The molecule has 0 aliphatic carbocycles. The Kier molecular flexibility index (Phi) is 3.13. The predicted molar refractivity (Wildman–Crippen MR) is 45.9 cm³/mol. The van der Waals surface area contributed by atoms with Crippen LogP contribution in [-0.4, -0.2) is 42.3 Å². The third-order valence-electron chi connectivity index (χ3n) is 1.37. The van der Waals surface area contributed by atoms with Gasteiger partial charge in [0.15, 0.2) is 5.69 Å². The van der Waals surface area contributed by atoms with Crippen LogP contribution in [0.4, 0.5) is 0 Å². The van der Waals surface area contributed by atoms with E-state index in [1.807, 2.05) is 0 Å². The second-order valence-electron chi connectivity index (χ2n) is 2.45. The third-order valence-corrected chi connectivity index (χ3v) is 2.12. The average molecular weight is 203 g/mol. The minimum atomic E-state index is -1.11. The van der Waals surface area contributed by atoms with E-state index in [0.29, 0.717) is 12.3 Å². The summed E-state index contributed by atoms with van der Waals surface area (Å²) in [4.78, 5) is 10.4. The van der Waals surface area contributed by atoms with Crippen molar-refractivity contribution in [2.45, 2.75) is 6.54 Å². The molecule has 0 aliphatic rings. The van der Waals surface area contributed by atoms with Gasteiger partial charge in [0, 0.05) is 22.8 Å². The minimum Gasteiger partial charge on any atom is -0.476 e. The molecule has 1 heterocycles. The SMILES string of the molecule is CS(=O)CCn1cc(C(=O)O)nn1. The maximum absolute atomic E-state index is 10.7. The van der Waals surface area contributed by atoms with Gasteiger partial charge in [0.1, 0.15) is 0 Å². The van der Waals surface area contributed by atoms with Crippen LogP contribution in [0.5, 0.6) is 0 Å². The van der Waals surface area contributed by atoms with E-state index in [4.69, 9.17) is 5.11 Å². The predicted octanol–water partition coefficient (Wildman–Crippen LogP) is -0.645. The van der Waals surface area contributed by atoms with E-state index in [1.54, 1.807) is 6.26 Å². The fourth-order valence-electron chi connectivity index (χ4n) is 0.728. The van der Waals surface area contributed by atoms with E-state index in [2.05, 4.69) is 10.3 Å². The average Bonchev–Trinajstić information content (AvgIpc) is 2.48. The molecule has 0 saturated carbocycles. The van der Waals surface area contributed by atoms with Gasteiger partial charge in [-0.1, -0.05) is 5.21 Å². The summed E-state index contributed by atoms with van der Waals surface area (Å²) in [6, 6.07) is 0. The number of hydrogen-bond donors (Lipinski definition) is 1. The summed E-state index contributed by atoms with van der Waals surface area (Å²) in [5.41, 5.74) is -0.0955. The third kappa shape index (κ3) is 2.94. The van der Waals surface area contributed by atoms with Crippen molar-refractivity contribution in [2.24, 2.45) is 0 Å². The quantitative estimate of drug-likeness (QED) is 0.703. The van der Waals surface area contributed by atoms with Gasteiger partial charge in [-0.05, 0) is 0 Å². The molecule has 6 nitrogen and oxygen atoms in total. The Morgan fingerprint density at radius 1 is 1.77 bits per heavy atom. The first-order valence-corrected chi connectivity index (χ1v) is 5.26. The Labute approximate surface area is 77.0 Å². The summed E-state index contributed by atoms with van der Waals surface area (Å²) in [5.74, 6) is -0.661. The number of carbonyl (C=O) groups is 1. The molecule has 1 aromatic heterocycles. The summed E-state index contributed by atoms with van der Waals surface area (Å²) in [6.45, 7) is 0.420. The molecule has 0 saturated heterocycles. The van der Waals surface area contributed by atoms with Crippen LogP contribution in [0.1, 0.15) is 10.5 Å². The van der Waals surface area contributed by atoms with Gasteiger partial charge in [-0.25, -0.2) is 4.79 Å². The molecule has 1 rings (SSSR count). The van der Waals surface area contributed by atoms with Gasteiger partial charge < -0.3 is 5.11 Å². The monoisotopic (exact) mass is 203 g/mol. The van der Waals surface area contributed by atoms with Gasteiger partial charge in [-0.15, -0.1) is 5.10 Å². The van der Waals surface area contributed by atoms with Crippen LogP contribution in [0.3, 0.4) is 0 Å². The standard InChI is InChI=1S/C6H9N3O3S/c1-13(12)3-2-9-4-5(6(10)11)7-8-9/h4H,2-3H2,1H3,(H,10,11). The van der Waals surface area contributed by atoms with Gasteiger partial charge in [0.2, 0.25) is 0 Å². The lowest BCUT2D eigenvalue weighted by atomic mass is 10.5. The van der Waals surface area contributed by atoms with Crippen LogP contribution >= 0.6 is 0 Å². The Morgan fingerprint density at radius 3 is 2.92 bits per heavy atom. The highest BCUT2D eigenvalue weighted by Crippen LogP contribution is 1.92. The lowest BCUT2D eigenvalue weighted by molar-refractivity contribution is 0.0690. The normalized spacial score (nSPS) is 12.7. The number of hydrogen-bond acceptors (Lipinski definition) is 4. The second-order valence-corrected chi connectivity index (χ2v) is 4.00. The Morgan fingerprint density at radius 2 is 2.46 bits per heavy atom. The highest BCUT2D eigenvalue weighted by molar-refractivity contribution is 7.84. The van der Waals surface area contributed by atoms with Gasteiger partial charge in [-0.2, -0.15) is 0 Å². The van der Waals surface area contributed by atoms with Gasteiger partial charge in [0.25, 0.3) is 0 Å².